The molecule has 0 spiro atoms. The van der Waals surface area contributed by atoms with E-state index >= 15 is 0 Å². The highest BCUT2D eigenvalue weighted by Crippen LogP contribution is 2.31. The molecule has 0 aliphatic rings. The van der Waals surface area contributed by atoms with Crippen molar-refractivity contribution in [3.63, 3.8) is 0 Å². The Kier molecular flexibility index (Phi) is 8.03. The Balaban J connectivity index is 2.43. The number of alkyl halides is 3. The third-order valence-corrected chi connectivity index (χ3v) is 3.96. The third-order valence-electron chi connectivity index (χ3n) is 3.61. The number of nitrogens with zero attached hydrogens (tertiary/aromatic N) is 3. The molecule has 0 atom stereocenters. The molecule has 2 rings (SSSR count). The van der Waals surface area contributed by atoms with E-state index in [9.17, 15) is 18.0 Å². The minimum Gasteiger partial charge on any atom is -0.475 e. The number of carbonyl (C=O) groups excluding carboxylic acids is 1. The third kappa shape index (κ3) is 6.45. The molecule has 0 unspecified atom stereocenters. The van der Waals surface area contributed by atoms with Crippen LogP contribution in [0.2, 0.25) is 5.02 Å². The molecule has 0 bridgehead atoms. The molecule has 0 aliphatic carbocycles. The number of ether oxygens (including phenoxy) is 3. The number of carbonyl (C=O) groups is 1. The fourth-order valence-electron chi connectivity index (χ4n) is 2.36. The van der Waals surface area contributed by atoms with Crippen LogP contribution in [0.15, 0.2) is 29.4 Å². The molecule has 8 nitrogen and oxygen atoms in total. The Morgan fingerprint density at radius 2 is 1.94 bits per heavy atom. The van der Waals surface area contributed by atoms with Crippen LogP contribution in [-0.4, -0.2) is 42.0 Å². The van der Waals surface area contributed by atoms with Crippen LogP contribution in [-0.2, 0) is 27.2 Å². The average molecular weight is 462 g/mol. The smallest absolute Gasteiger partial charge is 0.433 e. The summed E-state index contributed by atoms with van der Waals surface area (Å²) in [7, 11) is 2.39. The molecular formula is C19H19ClF3N3O5. The van der Waals surface area contributed by atoms with E-state index in [0.717, 1.165) is 7.11 Å². The van der Waals surface area contributed by atoms with E-state index in [1.165, 1.54) is 19.2 Å². The van der Waals surface area contributed by atoms with Gasteiger partial charge in [-0.05, 0) is 19.9 Å². The summed E-state index contributed by atoms with van der Waals surface area (Å²) < 4.78 is 54.9. The Labute approximate surface area is 180 Å². The molecule has 0 amide bonds. The summed E-state index contributed by atoms with van der Waals surface area (Å²) in [5, 5.41) is 3.81. The molecule has 2 aromatic rings. The lowest BCUT2D eigenvalue weighted by Gasteiger charge is -2.15. The highest BCUT2D eigenvalue weighted by molar-refractivity contribution is 6.44. The second-order valence-electron chi connectivity index (χ2n) is 6.21. The van der Waals surface area contributed by atoms with Crippen LogP contribution in [0.4, 0.5) is 13.2 Å². The molecule has 1 aromatic heterocycles. The lowest BCUT2D eigenvalue weighted by Crippen LogP contribution is -2.20. The molecule has 31 heavy (non-hydrogen) atoms. The Bertz CT molecular complexity index is 967. The molecule has 0 aliphatic heterocycles. The molecule has 0 saturated heterocycles. The van der Waals surface area contributed by atoms with Gasteiger partial charge in [-0.3, -0.25) is 0 Å². The van der Waals surface area contributed by atoms with Crippen molar-refractivity contribution in [2.75, 3.05) is 14.2 Å². The Hall–Kier alpha value is -3.08. The summed E-state index contributed by atoms with van der Waals surface area (Å²) in [5.74, 6) is -1.11. The van der Waals surface area contributed by atoms with Gasteiger partial charge in [0.1, 0.15) is 13.7 Å². The van der Waals surface area contributed by atoms with Crippen molar-refractivity contribution in [3.05, 3.63) is 46.1 Å². The Morgan fingerprint density at radius 1 is 1.23 bits per heavy atom. The quantitative estimate of drug-likeness (QED) is 0.333. The number of halogens is 4. The first-order valence-corrected chi connectivity index (χ1v) is 9.17. The Morgan fingerprint density at radius 3 is 2.52 bits per heavy atom. The van der Waals surface area contributed by atoms with E-state index in [1.807, 2.05) is 0 Å². The average Bonchev–Trinajstić information content (AvgIpc) is 2.69. The number of esters is 1. The predicted molar refractivity (Wildman–Crippen MR) is 104 cm³/mol. The van der Waals surface area contributed by atoms with Crippen molar-refractivity contribution >= 4 is 23.3 Å². The standard InChI is InChI=1S/C19H19ClF3N3O5/c1-10(2)31-15-8-14(19(21,22)23)24-18(25-15)30-9-12-11(6-5-7-13(12)20)16(26-29-4)17(27)28-3/h5-8,10H,9H2,1-4H3/b26-16-. The molecular weight excluding hydrogens is 443 g/mol. The second kappa shape index (κ2) is 10.3. The summed E-state index contributed by atoms with van der Waals surface area (Å²) in [6, 6.07) is 4.64. The number of rotatable bonds is 8. The van der Waals surface area contributed by atoms with E-state index in [-0.39, 0.29) is 34.3 Å². The van der Waals surface area contributed by atoms with Gasteiger partial charge in [-0.15, -0.1) is 0 Å². The van der Waals surface area contributed by atoms with Gasteiger partial charge in [0.2, 0.25) is 5.88 Å². The van der Waals surface area contributed by atoms with Crippen molar-refractivity contribution in [1.29, 1.82) is 0 Å². The molecule has 12 heteroatoms. The fraction of sp³-hybridized carbons (Fsp3) is 0.368. The summed E-state index contributed by atoms with van der Waals surface area (Å²) in [5.41, 5.74) is -1.01. The van der Waals surface area contributed by atoms with E-state index in [4.69, 9.17) is 21.1 Å². The van der Waals surface area contributed by atoms with Gasteiger partial charge in [-0.25, -0.2) is 4.79 Å². The van der Waals surface area contributed by atoms with Gasteiger partial charge in [0, 0.05) is 22.2 Å². The topological polar surface area (TPSA) is 92.1 Å². The molecule has 0 saturated carbocycles. The molecule has 0 N–H and O–H groups in total. The van der Waals surface area contributed by atoms with Gasteiger partial charge < -0.3 is 19.0 Å². The predicted octanol–water partition coefficient (Wildman–Crippen LogP) is 4.04. The van der Waals surface area contributed by atoms with Crippen LogP contribution in [0, 0.1) is 0 Å². The number of methoxy groups -OCH3 is 1. The molecule has 0 fully saturated rings. The maximum absolute atomic E-state index is 13.2. The van der Waals surface area contributed by atoms with Crippen LogP contribution in [0.3, 0.4) is 0 Å². The minimum absolute atomic E-state index is 0.163. The number of hydrogen-bond acceptors (Lipinski definition) is 8. The highest BCUT2D eigenvalue weighted by Gasteiger charge is 2.34. The lowest BCUT2D eigenvalue weighted by atomic mass is 10.0. The summed E-state index contributed by atoms with van der Waals surface area (Å²) >= 11 is 6.22. The second-order valence-corrected chi connectivity index (χ2v) is 6.61. The van der Waals surface area contributed by atoms with E-state index in [0.29, 0.717) is 6.07 Å². The van der Waals surface area contributed by atoms with Crippen LogP contribution in [0.25, 0.3) is 0 Å². The monoisotopic (exact) mass is 461 g/mol. The SMILES string of the molecule is CO/N=C(\C(=O)OC)c1cccc(Cl)c1COc1nc(OC(C)C)cc(C(F)(F)F)n1. The van der Waals surface area contributed by atoms with Crippen molar-refractivity contribution < 1.29 is 37.0 Å². The zero-order valence-corrected chi connectivity index (χ0v) is 17.7. The van der Waals surface area contributed by atoms with Gasteiger partial charge in [-0.2, -0.15) is 23.1 Å². The zero-order chi connectivity index (χ0) is 23.2. The molecule has 168 valence electrons. The molecule has 1 aromatic carbocycles. The highest BCUT2D eigenvalue weighted by atomic mass is 35.5. The first kappa shape index (κ1) is 24.2. The first-order valence-electron chi connectivity index (χ1n) is 8.79. The van der Waals surface area contributed by atoms with Gasteiger partial charge in [0.05, 0.1) is 13.2 Å². The van der Waals surface area contributed by atoms with Crippen molar-refractivity contribution in [2.45, 2.75) is 32.7 Å². The maximum Gasteiger partial charge on any atom is 0.433 e. The van der Waals surface area contributed by atoms with E-state index in [1.54, 1.807) is 19.9 Å². The first-order chi connectivity index (χ1) is 14.6. The van der Waals surface area contributed by atoms with E-state index < -0.39 is 30.0 Å². The molecule has 0 radical (unpaired) electrons. The largest absolute Gasteiger partial charge is 0.475 e. The van der Waals surface area contributed by atoms with Crippen molar-refractivity contribution in [1.82, 2.24) is 9.97 Å². The summed E-state index contributed by atoms with van der Waals surface area (Å²) in [6.45, 7) is 2.89. The van der Waals surface area contributed by atoms with Crippen LogP contribution in [0.5, 0.6) is 11.9 Å². The van der Waals surface area contributed by atoms with Gasteiger partial charge in [-0.1, -0.05) is 28.9 Å². The van der Waals surface area contributed by atoms with Gasteiger partial charge in [0.25, 0.3) is 0 Å². The summed E-state index contributed by atoms with van der Waals surface area (Å²) in [4.78, 5) is 24.0. The number of aromatic nitrogens is 2. The van der Waals surface area contributed by atoms with Gasteiger partial charge >= 0.3 is 18.2 Å². The van der Waals surface area contributed by atoms with Crippen molar-refractivity contribution in [2.24, 2.45) is 5.16 Å². The van der Waals surface area contributed by atoms with Gasteiger partial charge in [0.15, 0.2) is 11.4 Å². The molecule has 1 heterocycles. The minimum atomic E-state index is -4.74. The zero-order valence-electron chi connectivity index (χ0n) is 17.0. The maximum atomic E-state index is 13.2. The fourth-order valence-corrected chi connectivity index (χ4v) is 2.59. The van der Waals surface area contributed by atoms with Crippen molar-refractivity contribution in [3.8, 4) is 11.9 Å². The van der Waals surface area contributed by atoms with E-state index in [2.05, 4.69) is 24.7 Å². The normalized spacial score (nSPS) is 12.0. The van der Waals surface area contributed by atoms with Crippen LogP contribution >= 0.6 is 11.6 Å². The number of oxime groups is 1. The summed E-state index contributed by atoms with van der Waals surface area (Å²) in [6.07, 6.45) is -5.17. The van der Waals surface area contributed by atoms with Crippen LogP contribution in [0.1, 0.15) is 30.7 Å². The number of benzene rings is 1. The number of hydrogen-bond donors (Lipinski definition) is 0. The van der Waals surface area contributed by atoms with Crippen LogP contribution < -0.4 is 9.47 Å². The lowest BCUT2D eigenvalue weighted by molar-refractivity contribution is -0.141.